The summed E-state index contributed by atoms with van der Waals surface area (Å²) in [6.45, 7) is 6.02. The van der Waals surface area contributed by atoms with E-state index in [2.05, 4.69) is 22.1 Å². The first-order valence-electron chi connectivity index (χ1n) is 9.21. The third-order valence-corrected chi connectivity index (χ3v) is 5.59. The van der Waals surface area contributed by atoms with Crippen LogP contribution in [-0.4, -0.2) is 26.4 Å². The molecule has 2 aromatic carbocycles. The van der Waals surface area contributed by atoms with Crippen LogP contribution < -0.4 is 10.1 Å². The lowest BCUT2D eigenvalue weighted by Gasteiger charge is -2.16. The first-order valence-corrected chi connectivity index (χ1v) is 11.0. The second-order valence-corrected chi connectivity index (χ2v) is 8.20. The number of carbonyl (C=O) groups is 1. The minimum Gasteiger partial charge on any atom is -0.481 e. The molecule has 0 radical (unpaired) electrons. The van der Waals surface area contributed by atoms with Gasteiger partial charge in [0.05, 0.1) is 10.8 Å². The highest BCUT2D eigenvalue weighted by Gasteiger charge is 2.20. The van der Waals surface area contributed by atoms with Gasteiger partial charge < -0.3 is 10.1 Å². The number of carbonyl (C=O) groups excluding carboxylic acids is 1. The lowest BCUT2D eigenvalue weighted by atomic mass is 10.3. The molecule has 1 unspecified atom stereocenters. The third kappa shape index (κ3) is 6.22. The molecular formula is C21H19Cl2FN4O2S. The molecular weight excluding hydrogens is 462 g/mol. The summed E-state index contributed by atoms with van der Waals surface area (Å²) in [5.41, 5.74) is 0.515. The van der Waals surface area contributed by atoms with E-state index >= 15 is 0 Å². The molecule has 31 heavy (non-hydrogen) atoms. The standard InChI is InChI=1S/C21H19Cl2FN4O2S/c1-3-10-28-20(13(2)30-18-11-14(22)4-9-17(18)23)26-27-21(28)31-12-19(29)25-16-7-5-15(24)6-8-16/h3-9,11,13H,1,10,12H2,2H3,(H,25,29). The van der Waals surface area contributed by atoms with Crippen LogP contribution in [0.2, 0.25) is 10.0 Å². The topological polar surface area (TPSA) is 69.0 Å². The molecule has 162 valence electrons. The molecule has 0 saturated carbocycles. The lowest BCUT2D eigenvalue weighted by Crippen LogP contribution is -2.15. The number of benzene rings is 2. The van der Waals surface area contributed by atoms with E-state index in [-0.39, 0.29) is 17.5 Å². The number of ether oxygens (including phenoxy) is 1. The van der Waals surface area contributed by atoms with Crippen LogP contribution >= 0.6 is 35.0 Å². The number of nitrogens with zero attached hydrogens (tertiary/aromatic N) is 3. The van der Waals surface area contributed by atoms with Crippen molar-refractivity contribution in [3.63, 3.8) is 0 Å². The summed E-state index contributed by atoms with van der Waals surface area (Å²) in [6.07, 6.45) is 1.22. The van der Waals surface area contributed by atoms with Crippen molar-refractivity contribution in [2.45, 2.75) is 24.7 Å². The average Bonchev–Trinajstić information content (AvgIpc) is 3.14. The van der Waals surface area contributed by atoms with Crippen molar-refractivity contribution in [1.29, 1.82) is 0 Å². The fourth-order valence-corrected chi connectivity index (χ4v) is 3.76. The highest BCUT2D eigenvalue weighted by atomic mass is 35.5. The van der Waals surface area contributed by atoms with Crippen molar-refractivity contribution >= 4 is 46.6 Å². The fraction of sp³-hybridized carbons (Fsp3) is 0.190. The highest BCUT2D eigenvalue weighted by molar-refractivity contribution is 7.99. The van der Waals surface area contributed by atoms with E-state index < -0.39 is 6.10 Å². The Hall–Kier alpha value is -2.55. The second kappa shape index (κ2) is 10.7. The number of nitrogens with one attached hydrogen (secondary N) is 1. The van der Waals surface area contributed by atoms with Gasteiger partial charge in [-0.05, 0) is 43.3 Å². The number of allylic oxidation sites excluding steroid dienone is 1. The SMILES string of the molecule is C=CCn1c(SCC(=O)Nc2ccc(F)cc2)nnc1C(C)Oc1cc(Cl)ccc1Cl. The molecule has 1 N–H and O–H groups in total. The van der Waals surface area contributed by atoms with Gasteiger partial charge in [0.25, 0.3) is 0 Å². The molecule has 0 aliphatic rings. The number of aromatic nitrogens is 3. The van der Waals surface area contributed by atoms with Crippen LogP contribution in [-0.2, 0) is 11.3 Å². The van der Waals surface area contributed by atoms with Crippen molar-refractivity contribution in [3.8, 4) is 5.75 Å². The normalized spacial score (nSPS) is 11.7. The smallest absolute Gasteiger partial charge is 0.234 e. The second-order valence-electron chi connectivity index (χ2n) is 6.42. The molecule has 0 saturated heterocycles. The number of hydrogen-bond acceptors (Lipinski definition) is 5. The molecule has 0 aliphatic carbocycles. The summed E-state index contributed by atoms with van der Waals surface area (Å²) < 4.78 is 20.7. The van der Waals surface area contributed by atoms with Gasteiger partial charge in [-0.1, -0.05) is 41.0 Å². The lowest BCUT2D eigenvalue weighted by molar-refractivity contribution is -0.113. The maximum absolute atomic E-state index is 13.0. The maximum atomic E-state index is 13.0. The number of rotatable bonds is 9. The zero-order valence-electron chi connectivity index (χ0n) is 16.5. The summed E-state index contributed by atoms with van der Waals surface area (Å²) in [6, 6.07) is 10.5. The summed E-state index contributed by atoms with van der Waals surface area (Å²) in [5.74, 6) is 0.469. The van der Waals surface area contributed by atoms with Gasteiger partial charge in [0.15, 0.2) is 17.1 Å². The first-order chi connectivity index (χ1) is 14.9. The van der Waals surface area contributed by atoms with Gasteiger partial charge in [-0.15, -0.1) is 16.8 Å². The van der Waals surface area contributed by atoms with E-state index in [0.29, 0.717) is 39.0 Å². The molecule has 10 heteroatoms. The Morgan fingerprint density at radius 2 is 2.03 bits per heavy atom. The Labute approximate surface area is 193 Å². The number of amides is 1. The van der Waals surface area contributed by atoms with Gasteiger partial charge in [0, 0.05) is 23.3 Å². The van der Waals surface area contributed by atoms with E-state index in [1.807, 2.05) is 11.5 Å². The minimum absolute atomic E-state index is 0.0992. The Bertz CT molecular complexity index is 1080. The van der Waals surface area contributed by atoms with E-state index in [4.69, 9.17) is 27.9 Å². The van der Waals surface area contributed by atoms with Crippen molar-refractivity contribution in [3.05, 3.63) is 76.8 Å². The highest BCUT2D eigenvalue weighted by Crippen LogP contribution is 2.32. The zero-order chi connectivity index (χ0) is 22.4. The van der Waals surface area contributed by atoms with Crippen LogP contribution in [0.5, 0.6) is 5.75 Å². The molecule has 3 rings (SSSR count). The van der Waals surface area contributed by atoms with Crippen LogP contribution in [0.25, 0.3) is 0 Å². The Morgan fingerprint density at radius 1 is 1.29 bits per heavy atom. The van der Waals surface area contributed by atoms with Crippen molar-refractivity contribution < 1.29 is 13.9 Å². The molecule has 0 aliphatic heterocycles. The molecule has 3 aromatic rings. The summed E-state index contributed by atoms with van der Waals surface area (Å²) in [4.78, 5) is 12.2. The number of hydrogen-bond donors (Lipinski definition) is 1. The largest absolute Gasteiger partial charge is 0.481 e. The summed E-state index contributed by atoms with van der Waals surface area (Å²) >= 11 is 13.4. The predicted molar refractivity (Wildman–Crippen MR) is 121 cm³/mol. The molecule has 1 atom stereocenters. The van der Waals surface area contributed by atoms with Gasteiger partial charge in [-0.2, -0.15) is 0 Å². The minimum atomic E-state index is -0.481. The van der Waals surface area contributed by atoms with Gasteiger partial charge in [-0.3, -0.25) is 9.36 Å². The maximum Gasteiger partial charge on any atom is 0.234 e. The average molecular weight is 481 g/mol. The molecule has 1 amide bonds. The van der Waals surface area contributed by atoms with Crippen molar-refractivity contribution in [1.82, 2.24) is 14.8 Å². The number of halogens is 3. The molecule has 0 bridgehead atoms. The van der Waals surface area contributed by atoms with E-state index in [9.17, 15) is 9.18 Å². The van der Waals surface area contributed by atoms with E-state index in [0.717, 1.165) is 0 Å². The van der Waals surface area contributed by atoms with Gasteiger partial charge in [-0.25, -0.2) is 4.39 Å². The van der Waals surface area contributed by atoms with Crippen LogP contribution in [0.3, 0.4) is 0 Å². The molecule has 6 nitrogen and oxygen atoms in total. The predicted octanol–water partition coefficient (Wildman–Crippen LogP) is 5.78. The first kappa shape index (κ1) is 23.1. The number of thioether (sulfide) groups is 1. The van der Waals surface area contributed by atoms with E-state index in [1.165, 1.54) is 36.0 Å². The Balaban J connectivity index is 1.69. The monoisotopic (exact) mass is 480 g/mol. The summed E-state index contributed by atoms with van der Waals surface area (Å²) in [7, 11) is 0. The van der Waals surface area contributed by atoms with E-state index in [1.54, 1.807) is 24.3 Å². The Kier molecular flexibility index (Phi) is 7.95. The van der Waals surface area contributed by atoms with Crippen LogP contribution in [0.15, 0.2) is 60.3 Å². The molecule has 0 fully saturated rings. The fourth-order valence-electron chi connectivity index (χ4n) is 2.68. The number of anilines is 1. The van der Waals surface area contributed by atoms with Gasteiger partial charge in [0.1, 0.15) is 11.6 Å². The van der Waals surface area contributed by atoms with Crippen LogP contribution in [0, 0.1) is 5.82 Å². The van der Waals surface area contributed by atoms with Gasteiger partial charge in [0.2, 0.25) is 5.91 Å². The quantitative estimate of drug-likeness (QED) is 0.310. The zero-order valence-corrected chi connectivity index (χ0v) is 18.8. The van der Waals surface area contributed by atoms with Crippen molar-refractivity contribution in [2.24, 2.45) is 0 Å². The van der Waals surface area contributed by atoms with Crippen LogP contribution in [0.4, 0.5) is 10.1 Å². The van der Waals surface area contributed by atoms with Gasteiger partial charge >= 0.3 is 0 Å². The Morgan fingerprint density at radius 3 is 2.74 bits per heavy atom. The van der Waals surface area contributed by atoms with Crippen molar-refractivity contribution in [2.75, 3.05) is 11.1 Å². The summed E-state index contributed by atoms with van der Waals surface area (Å²) in [5, 5.41) is 12.6. The molecule has 1 heterocycles. The van der Waals surface area contributed by atoms with Crippen LogP contribution in [0.1, 0.15) is 18.9 Å². The molecule has 1 aromatic heterocycles. The third-order valence-electron chi connectivity index (χ3n) is 4.08. The molecule has 0 spiro atoms.